The SMILES string of the molecule is CC1(C)OB(C(F)=Cc2ccc(O)c(OCC(F)(F)F)c2)OC1(C)C. The van der Waals surface area contributed by atoms with Gasteiger partial charge in [0, 0.05) is 0 Å². The van der Waals surface area contributed by atoms with Crippen molar-refractivity contribution in [1.82, 2.24) is 0 Å². The van der Waals surface area contributed by atoms with Crippen LogP contribution in [-0.2, 0) is 9.31 Å². The van der Waals surface area contributed by atoms with Crippen LogP contribution in [0.3, 0.4) is 0 Å². The lowest BCUT2D eigenvalue weighted by Crippen LogP contribution is -2.41. The summed E-state index contributed by atoms with van der Waals surface area (Å²) >= 11 is 0. The lowest BCUT2D eigenvalue weighted by atomic mass is 9.87. The van der Waals surface area contributed by atoms with Crippen molar-refractivity contribution >= 4 is 13.2 Å². The Morgan fingerprint density at radius 1 is 1.20 bits per heavy atom. The van der Waals surface area contributed by atoms with Crippen LogP contribution < -0.4 is 4.74 Å². The monoisotopic (exact) mass is 362 g/mol. The summed E-state index contributed by atoms with van der Waals surface area (Å²) in [6.07, 6.45) is -3.49. The Morgan fingerprint density at radius 2 is 1.76 bits per heavy atom. The maximum absolute atomic E-state index is 14.4. The largest absolute Gasteiger partial charge is 0.525 e. The lowest BCUT2D eigenvalue weighted by molar-refractivity contribution is -0.153. The number of aromatic hydroxyl groups is 1. The molecule has 0 amide bonds. The summed E-state index contributed by atoms with van der Waals surface area (Å²) in [5, 5.41) is 9.56. The second-order valence-electron chi connectivity index (χ2n) is 6.75. The van der Waals surface area contributed by atoms with Gasteiger partial charge in [0.15, 0.2) is 18.1 Å². The van der Waals surface area contributed by atoms with E-state index in [0.717, 1.165) is 18.2 Å². The Kier molecular flexibility index (Phi) is 5.12. The van der Waals surface area contributed by atoms with Crippen LogP contribution in [0.25, 0.3) is 6.08 Å². The molecule has 0 unspecified atom stereocenters. The number of phenols is 1. The first-order valence-corrected chi connectivity index (χ1v) is 7.56. The predicted octanol–water partition coefficient (Wildman–Crippen LogP) is 4.28. The fraction of sp³-hybridized carbons (Fsp3) is 0.500. The van der Waals surface area contributed by atoms with Crippen LogP contribution in [0.1, 0.15) is 33.3 Å². The molecule has 0 bridgehead atoms. The van der Waals surface area contributed by atoms with Crippen molar-refractivity contribution in [3.05, 3.63) is 29.5 Å². The van der Waals surface area contributed by atoms with Gasteiger partial charge in [0.05, 0.1) is 11.2 Å². The van der Waals surface area contributed by atoms with Gasteiger partial charge in [-0.05, 0) is 51.5 Å². The molecule has 0 atom stereocenters. The van der Waals surface area contributed by atoms with Crippen LogP contribution >= 0.6 is 0 Å². The van der Waals surface area contributed by atoms with E-state index in [1.54, 1.807) is 27.7 Å². The average molecular weight is 362 g/mol. The van der Waals surface area contributed by atoms with Gasteiger partial charge < -0.3 is 19.2 Å². The van der Waals surface area contributed by atoms with E-state index in [9.17, 15) is 22.7 Å². The third-order valence-electron chi connectivity index (χ3n) is 4.16. The minimum absolute atomic E-state index is 0.196. The first-order chi connectivity index (χ1) is 11.3. The average Bonchev–Trinajstić information content (AvgIpc) is 2.67. The number of alkyl halides is 3. The second kappa shape index (κ2) is 6.53. The fourth-order valence-electron chi connectivity index (χ4n) is 2.08. The van der Waals surface area contributed by atoms with Gasteiger partial charge in [-0.25, -0.2) is 4.39 Å². The number of halogens is 4. The highest BCUT2D eigenvalue weighted by Gasteiger charge is 2.53. The molecule has 0 radical (unpaired) electrons. The Hall–Kier alpha value is -1.74. The first kappa shape index (κ1) is 19.6. The minimum atomic E-state index is -4.55. The number of hydrogen-bond donors (Lipinski definition) is 1. The molecular weight excluding hydrogens is 343 g/mol. The van der Waals surface area contributed by atoms with E-state index >= 15 is 0 Å². The Labute approximate surface area is 143 Å². The molecule has 1 aliphatic rings. The van der Waals surface area contributed by atoms with Gasteiger partial charge in [-0.2, -0.15) is 13.2 Å². The van der Waals surface area contributed by atoms with Crippen molar-refractivity contribution in [2.75, 3.05) is 6.61 Å². The van der Waals surface area contributed by atoms with E-state index in [-0.39, 0.29) is 5.56 Å². The van der Waals surface area contributed by atoms with Crippen LogP contribution in [0.15, 0.2) is 23.9 Å². The summed E-state index contributed by atoms with van der Waals surface area (Å²) in [4.78, 5) is 0. The summed E-state index contributed by atoms with van der Waals surface area (Å²) in [5.41, 5.74) is -1.99. The van der Waals surface area contributed by atoms with Gasteiger partial charge in [0.2, 0.25) is 0 Å². The topological polar surface area (TPSA) is 47.9 Å². The molecule has 9 heteroatoms. The van der Waals surface area contributed by atoms with Crippen LogP contribution in [0.5, 0.6) is 11.5 Å². The van der Waals surface area contributed by atoms with Gasteiger partial charge in [0.25, 0.3) is 0 Å². The second-order valence-corrected chi connectivity index (χ2v) is 6.75. The van der Waals surface area contributed by atoms with Gasteiger partial charge in [-0.15, -0.1) is 0 Å². The molecule has 1 N–H and O–H groups in total. The smallest absolute Gasteiger partial charge is 0.504 e. The molecule has 0 saturated carbocycles. The molecular formula is C16H19BF4O4. The molecule has 0 spiro atoms. The first-order valence-electron chi connectivity index (χ1n) is 7.56. The van der Waals surface area contributed by atoms with Crippen molar-refractivity contribution in [2.45, 2.75) is 45.1 Å². The molecule has 1 saturated heterocycles. The van der Waals surface area contributed by atoms with Crippen molar-refractivity contribution in [3.8, 4) is 11.5 Å². The standard InChI is InChI=1S/C16H19BF4O4/c1-14(2)15(3,4)25-17(24-14)13(18)8-10-5-6-11(22)12(7-10)23-9-16(19,20)21/h5-8,22H,9H2,1-4H3. The molecule has 4 nitrogen and oxygen atoms in total. The minimum Gasteiger partial charge on any atom is -0.504 e. The summed E-state index contributed by atoms with van der Waals surface area (Å²) in [7, 11) is -1.22. The van der Waals surface area contributed by atoms with Crippen LogP contribution in [0.2, 0.25) is 0 Å². The zero-order valence-corrected chi connectivity index (χ0v) is 14.3. The van der Waals surface area contributed by atoms with Gasteiger partial charge in [-0.1, -0.05) is 6.07 Å². The third kappa shape index (κ3) is 4.67. The van der Waals surface area contributed by atoms with Gasteiger partial charge in [-0.3, -0.25) is 0 Å². The molecule has 1 aromatic carbocycles. The lowest BCUT2D eigenvalue weighted by Gasteiger charge is -2.32. The van der Waals surface area contributed by atoms with Crippen molar-refractivity contribution in [3.63, 3.8) is 0 Å². The van der Waals surface area contributed by atoms with Crippen molar-refractivity contribution < 1.29 is 36.7 Å². The molecule has 1 aromatic rings. The van der Waals surface area contributed by atoms with E-state index in [1.165, 1.54) is 6.07 Å². The number of phenolic OH excluding ortho intramolecular Hbond substituents is 1. The Morgan fingerprint density at radius 3 is 2.28 bits per heavy atom. The van der Waals surface area contributed by atoms with Crippen LogP contribution in [-0.4, -0.2) is 36.2 Å². The highest BCUT2D eigenvalue weighted by atomic mass is 19.4. The molecule has 1 aliphatic heterocycles. The molecule has 25 heavy (non-hydrogen) atoms. The van der Waals surface area contributed by atoms with E-state index in [2.05, 4.69) is 4.74 Å². The van der Waals surface area contributed by atoms with E-state index in [1.807, 2.05) is 0 Å². The Balaban J connectivity index is 2.18. The predicted molar refractivity (Wildman–Crippen MR) is 84.8 cm³/mol. The van der Waals surface area contributed by atoms with E-state index in [4.69, 9.17) is 9.31 Å². The molecule has 138 valence electrons. The Bertz CT molecular complexity index is 655. The zero-order valence-electron chi connectivity index (χ0n) is 14.3. The molecule has 0 aromatic heterocycles. The van der Waals surface area contributed by atoms with Crippen LogP contribution in [0.4, 0.5) is 17.6 Å². The normalized spacial score (nSPS) is 20.0. The van der Waals surface area contributed by atoms with E-state index < -0.39 is 48.3 Å². The number of ether oxygens (including phenoxy) is 1. The van der Waals surface area contributed by atoms with E-state index in [0.29, 0.717) is 0 Å². The summed E-state index contributed by atoms with van der Waals surface area (Å²) in [6, 6.07) is 3.56. The fourth-order valence-corrected chi connectivity index (χ4v) is 2.08. The highest BCUT2D eigenvalue weighted by molar-refractivity contribution is 6.54. The summed E-state index contributed by atoms with van der Waals surface area (Å²) in [5.74, 6) is -0.870. The third-order valence-corrected chi connectivity index (χ3v) is 4.16. The number of rotatable bonds is 4. The summed E-state index contributed by atoms with van der Waals surface area (Å²) in [6.45, 7) is 5.51. The van der Waals surface area contributed by atoms with Crippen LogP contribution in [0, 0.1) is 0 Å². The number of benzene rings is 1. The number of hydrogen-bond acceptors (Lipinski definition) is 4. The van der Waals surface area contributed by atoms with Gasteiger partial charge in [0.1, 0.15) is 5.73 Å². The van der Waals surface area contributed by atoms with Gasteiger partial charge >= 0.3 is 13.3 Å². The maximum atomic E-state index is 14.4. The highest BCUT2D eigenvalue weighted by Crippen LogP contribution is 2.39. The van der Waals surface area contributed by atoms with Crippen molar-refractivity contribution in [2.24, 2.45) is 0 Å². The van der Waals surface area contributed by atoms with Crippen molar-refractivity contribution in [1.29, 1.82) is 0 Å². The quantitative estimate of drug-likeness (QED) is 0.642. The molecule has 2 rings (SSSR count). The molecule has 1 heterocycles. The molecule has 0 aliphatic carbocycles. The zero-order chi connectivity index (χ0) is 19.0. The maximum Gasteiger partial charge on any atom is 0.525 e. The summed E-state index contributed by atoms with van der Waals surface area (Å²) < 4.78 is 66.7. The molecule has 1 fully saturated rings.